The third-order valence-electron chi connectivity index (χ3n) is 1.50. The summed E-state index contributed by atoms with van der Waals surface area (Å²) >= 11 is 0. The van der Waals surface area contributed by atoms with Crippen molar-refractivity contribution in [2.24, 2.45) is 5.92 Å². The third kappa shape index (κ3) is 6.71. The van der Waals surface area contributed by atoms with Crippen LogP contribution in [0.2, 0.25) is 0 Å². The van der Waals surface area contributed by atoms with Crippen LogP contribution in [0, 0.1) is 5.92 Å². The van der Waals surface area contributed by atoms with Gasteiger partial charge in [0.25, 0.3) is 10.1 Å². The van der Waals surface area contributed by atoms with Gasteiger partial charge in [0.05, 0.1) is 18.5 Å². The van der Waals surface area contributed by atoms with Crippen molar-refractivity contribution in [2.75, 3.05) is 12.4 Å². The molecule has 0 aromatic carbocycles. The first-order valence-electron chi connectivity index (χ1n) is 3.77. The molecule has 0 aliphatic carbocycles. The fourth-order valence-electron chi connectivity index (χ4n) is 0.821. The fourth-order valence-corrected chi connectivity index (χ4v) is 1.68. The fraction of sp³-hybridized carbons (Fsp3) is 0.714. The Morgan fingerprint density at radius 2 is 2.00 bits per heavy atom. The number of hydrogen-bond acceptors (Lipinski definition) is 4. The minimum absolute atomic E-state index is 0.213. The molecule has 0 aliphatic heterocycles. The Hall–Kier alpha value is -0.430. The van der Waals surface area contributed by atoms with E-state index in [1.807, 2.05) is 0 Å². The molecule has 6 heteroatoms. The van der Waals surface area contributed by atoms with Crippen molar-refractivity contribution in [3.8, 4) is 0 Å². The molecule has 2 atom stereocenters. The van der Waals surface area contributed by atoms with E-state index in [0.29, 0.717) is 0 Å². The average Bonchev–Trinajstić information content (AvgIpc) is 1.96. The molecule has 5 nitrogen and oxygen atoms in total. The summed E-state index contributed by atoms with van der Waals surface area (Å²) in [6.45, 7) is 1.27. The van der Waals surface area contributed by atoms with Crippen molar-refractivity contribution in [3.63, 3.8) is 0 Å². The van der Waals surface area contributed by atoms with Crippen LogP contribution in [0.15, 0.2) is 12.2 Å². The van der Waals surface area contributed by atoms with Gasteiger partial charge < -0.3 is 10.2 Å². The van der Waals surface area contributed by atoms with Crippen molar-refractivity contribution in [3.05, 3.63) is 12.2 Å². The average molecular weight is 210 g/mol. The second-order valence-corrected chi connectivity index (χ2v) is 4.32. The standard InChI is InChI=1S/C7H14O5S/c1-6(5-13(10,11)12)7(9)3-2-4-8/h2-3,6-9H,4-5H2,1H3,(H,10,11,12). The summed E-state index contributed by atoms with van der Waals surface area (Å²) in [5.41, 5.74) is 0. The molecule has 0 amide bonds. The van der Waals surface area contributed by atoms with Crippen molar-refractivity contribution >= 4 is 10.1 Å². The van der Waals surface area contributed by atoms with Gasteiger partial charge in [-0.25, -0.2) is 0 Å². The SMILES string of the molecule is CC(CS(=O)(=O)O)C(O)C=CCO. The minimum atomic E-state index is -4.05. The van der Waals surface area contributed by atoms with Crippen LogP contribution in [0.1, 0.15) is 6.92 Å². The molecular formula is C7H14O5S. The van der Waals surface area contributed by atoms with Crippen molar-refractivity contribution in [2.45, 2.75) is 13.0 Å². The van der Waals surface area contributed by atoms with E-state index in [1.54, 1.807) is 0 Å². The molecule has 0 saturated heterocycles. The van der Waals surface area contributed by atoms with E-state index in [4.69, 9.17) is 9.66 Å². The molecule has 3 N–H and O–H groups in total. The molecule has 0 aromatic heterocycles. The highest BCUT2D eigenvalue weighted by Gasteiger charge is 2.17. The lowest BCUT2D eigenvalue weighted by molar-refractivity contribution is 0.171. The second kappa shape index (κ2) is 5.33. The maximum atomic E-state index is 10.4. The maximum absolute atomic E-state index is 10.4. The quantitative estimate of drug-likeness (QED) is 0.417. The Balaban J connectivity index is 4.11. The molecule has 78 valence electrons. The van der Waals surface area contributed by atoms with E-state index in [0.717, 1.165) is 0 Å². The molecule has 0 rings (SSSR count). The van der Waals surface area contributed by atoms with E-state index in [9.17, 15) is 13.5 Å². The molecule has 0 radical (unpaired) electrons. The van der Waals surface area contributed by atoms with Gasteiger partial charge in [-0.05, 0) is 0 Å². The molecular weight excluding hydrogens is 196 g/mol. The van der Waals surface area contributed by atoms with Gasteiger partial charge >= 0.3 is 0 Å². The highest BCUT2D eigenvalue weighted by atomic mass is 32.2. The van der Waals surface area contributed by atoms with Crippen LogP contribution in [-0.4, -0.2) is 41.6 Å². The monoisotopic (exact) mass is 210 g/mol. The zero-order valence-electron chi connectivity index (χ0n) is 7.29. The van der Waals surface area contributed by atoms with Gasteiger partial charge in [-0.15, -0.1) is 0 Å². The van der Waals surface area contributed by atoms with Gasteiger partial charge in [0.2, 0.25) is 0 Å². The Labute approximate surface area is 77.5 Å². The van der Waals surface area contributed by atoms with Crippen LogP contribution in [0.5, 0.6) is 0 Å². The number of rotatable bonds is 5. The minimum Gasteiger partial charge on any atom is -0.392 e. The Bertz CT molecular complexity index is 256. The van der Waals surface area contributed by atoms with E-state index in [2.05, 4.69) is 0 Å². The van der Waals surface area contributed by atoms with Gasteiger partial charge in [0, 0.05) is 5.92 Å². The van der Waals surface area contributed by atoms with Gasteiger partial charge in [-0.3, -0.25) is 4.55 Å². The molecule has 0 fully saturated rings. The lowest BCUT2D eigenvalue weighted by Gasteiger charge is -2.12. The Morgan fingerprint density at radius 3 is 2.38 bits per heavy atom. The first-order valence-corrected chi connectivity index (χ1v) is 5.38. The van der Waals surface area contributed by atoms with E-state index < -0.39 is 27.9 Å². The van der Waals surface area contributed by atoms with Gasteiger partial charge in [0.1, 0.15) is 0 Å². The normalized spacial score (nSPS) is 17.5. The second-order valence-electron chi connectivity index (χ2n) is 2.83. The zero-order chi connectivity index (χ0) is 10.5. The van der Waals surface area contributed by atoms with Crippen molar-refractivity contribution < 1.29 is 23.2 Å². The highest BCUT2D eigenvalue weighted by Crippen LogP contribution is 2.06. The third-order valence-corrected chi connectivity index (χ3v) is 2.44. The molecule has 0 heterocycles. The summed E-state index contributed by atoms with van der Waals surface area (Å²) < 4.78 is 29.2. The predicted molar refractivity (Wildman–Crippen MR) is 47.8 cm³/mol. The number of aliphatic hydroxyl groups excluding tert-OH is 2. The molecule has 0 aromatic rings. The topological polar surface area (TPSA) is 94.8 Å². The van der Waals surface area contributed by atoms with Crippen LogP contribution in [-0.2, 0) is 10.1 Å². The van der Waals surface area contributed by atoms with Crippen LogP contribution in [0.3, 0.4) is 0 Å². The first-order chi connectivity index (χ1) is 5.87. The van der Waals surface area contributed by atoms with E-state index in [1.165, 1.54) is 19.1 Å². The molecule has 0 aliphatic rings. The summed E-state index contributed by atoms with van der Waals surface area (Å²) in [6.07, 6.45) is 1.62. The van der Waals surface area contributed by atoms with E-state index >= 15 is 0 Å². The van der Waals surface area contributed by atoms with Crippen LogP contribution >= 0.6 is 0 Å². The van der Waals surface area contributed by atoms with E-state index in [-0.39, 0.29) is 6.61 Å². The number of hydrogen-bond donors (Lipinski definition) is 3. The first kappa shape index (κ1) is 12.6. The van der Waals surface area contributed by atoms with Crippen molar-refractivity contribution in [1.82, 2.24) is 0 Å². The molecule has 2 unspecified atom stereocenters. The summed E-state index contributed by atoms with van der Waals surface area (Å²) in [5.74, 6) is -1.10. The van der Waals surface area contributed by atoms with Gasteiger partial charge in [-0.2, -0.15) is 8.42 Å². The van der Waals surface area contributed by atoms with Gasteiger partial charge in [-0.1, -0.05) is 19.1 Å². The predicted octanol–water partition coefficient (Wildman–Crippen LogP) is -0.580. The smallest absolute Gasteiger partial charge is 0.265 e. The molecule has 0 spiro atoms. The molecule has 0 saturated carbocycles. The largest absolute Gasteiger partial charge is 0.392 e. The molecule has 0 bridgehead atoms. The molecule has 13 heavy (non-hydrogen) atoms. The maximum Gasteiger partial charge on any atom is 0.265 e. The Kier molecular flexibility index (Phi) is 5.16. The Morgan fingerprint density at radius 1 is 1.46 bits per heavy atom. The summed E-state index contributed by atoms with van der Waals surface area (Å²) in [7, 11) is -4.05. The van der Waals surface area contributed by atoms with Crippen LogP contribution in [0.25, 0.3) is 0 Å². The number of aliphatic hydroxyl groups is 2. The lowest BCUT2D eigenvalue weighted by Crippen LogP contribution is -2.23. The highest BCUT2D eigenvalue weighted by molar-refractivity contribution is 7.85. The van der Waals surface area contributed by atoms with Crippen molar-refractivity contribution in [1.29, 1.82) is 0 Å². The van der Waals surface area contributed by atoms with Crippen LogP contribution < -0.4 is 0 Å². The summed E-state index contributed by atoms with van der Waals surface area (Å²) in [5, 5.41) is 17.6. The van der Waals surface area contributed by atoms with Crippen LogP contribution in [0.4, 0.5) is 0 Å². The lowest BCUT2D eigenvalue weighted by atomic mass is 10.1. The summed E-state index contributed by atoms with van der Waals surface area (Å²) in [4.78, 5) is 0. The zero-order valence-corrected chi connectivity index (χ0v) is 8.11. The summed E-state index contributed by atoms with van der Waals surface area (Å²) in [6, 6.07) is 0. The van der Waals surface area contributed by atoms with Gasteiger partial charge in [0.15, 0.2) is 0 Å².